The first kappa shape index (κ1) is 21.3. The second-order valence-electron chi connectivity index (χ2n) is 7.41. The maximum Gasteiger partial charge on any atom is 0.243 e. The fraction of sp³-hybridized carbons (Fsp3) is 0.409. The third-order valence-corrected chi connectivity index (χ3v) is 7.05. The van der Waals surface area contributed by atoms with Crippen LogP contribution in [0, 0.1) is 19.8 Å². The Morgan fingerprint density at radius 1 is 1.17 bits per heavy atom. The summed E-state index contributed by atoms with van der Waals surface area (Å²) in [5.74, 6) is 0.126. The molecule has 29 heavy (non-hydrogen) atoms. The van der Waals surface area contributed by atoms with Crippen molar-refractivity contribution in [3.8, 4) is 5.75 Å². The van der Waals surface area contributed by atoms with E-state index >= 15 is 0 Å². The molecule has 0 aromatic heterocycles. The number of hydrogen-bond donors (Lipinski definition) is 1. The van der Waals surface area contributed by atoms with Gasteiger partial charge in [0.1, 0.15) is 5.75 Å². The van der Waals surface area contributed by atoms with E-state index in [1.54, 1.807) is 24.3 Å². The van der Waals surface area contributed by atoms with Crippen molar-refractivity contribution in [1.29, 1.82) is 0 Å². The van der Waals surface area contributed by atoms with E-state index in [9.17, 15) is 13.2 Å². The number of carbonyl (C=O) groups excluding carboxylic acids is 1. The van der Waals surface area contributed by atoms with Crippen LogP contribution in [0.25, 0.3) is 0 Å². The number of sulfonamides is 1. The Labute approximate surface area is 172 Å². The lowest BCUT2D eigenvalue weighted by Gasteiger charge is -2.31. The summed E-state index contributed by atoms with van der Waals surface area (Å²) >= 11 is 0. The van der Waals surface area contributed by atoms with Gasteiger partial charge in [0.2, 0.25) is 15.9 Å². The largest absolute Gasteiger partial charge is 0.494 e. The topological polar surface area (TPSA) is 75.7 Å². The average molecular weight is 417 g/mol. The van der Waals surface area contributed by atoms with Crippen LogP contribution in [0.15, 0.2) is 47.4 Å². The summed E-state index contributed by atoms with van der Waals surface area (Å²) in [4.78, 5) is 13.0. The molecule has 0 saturated carbocycles. The lowest BCUT2D eigenvalue weighted by molar-refractivity contribution is -0.120. The molecule has 6 nitrogen and oxygen atoms in total. The smallest absolute Gasteiger partial charge is 0.243 e. The van der Waals surface area contributed by atoms with E-state index in [-0.39, 0.29) is 23.3 Å². The predicted molar refractivity (Wildman–Crippen MR) is 114 cm³/mol. The summed E-state index contributed by atoms with van der Waals surface area (Å²) in [7, 11) is -3.65. The molecular formula is C22H28N2O4S. The first-order valence-electron chi connectivity index (χ1n) is 9.92. The summed E-state index contributed by atoms with van der Waals surface area (Å²) in [6, 6.07) is 12.3. The Balaban J connectivity index is 1.71. The van der Waals surface area contributed by atoms with Crippen LogP contribution in [0.2, 0.25) is 0 Å². The molecule has 1 fully saturated rings. The van der Waals surface area contributed by atoms with E-state index in [4.69, 9.17) is 4.74 Å². The molecule has 1 amide bonds. The first-order chi connectivity index (χ1) is 13.8. The number of carbonyl (C=O) groups is 1. The van der Waals surface area contributed by atoms with Gasteiger partial charge in [-0.05, 0) is 69.5 Å². The zero-order chi connectivity index (χ0) is 21.0. The molecule has 1 N–H and O–H groups in total. The third-order valence-electron chi connectivity index (χ3n) is 5.17. The number of nitrogens with one attached hydrogen (secondary N) is 1. The van der Waals surface area contributed by atoms with E-state index in [2.05, 4.69) is 5.32 Å². The first-order valence-corrected chi connectivity index (χ1v) is 11.4. The highest BCUT2D eigenvalue weighted by Gasteiger charge is 2.33. The molecule has 0 unspecified atom stereocenters. The molecule has 1 saturated heterocycles. The lowest BCUT2D eigenvalue weighted by atomic mass is 9.98. The van der Waals surface area contributed by atoms with Gasteiger partial charge in [0, 0.05) is 18.8 Å². The van der Waals surface area contributed by atoms with Gasteiger partial charge in [-0.25, -0.2) is 8.42 Å². The number of benzene rings is 2. The molecule has 3 rings (SSSR count). The van der Waals surface area contributed by atoms with Gasteiger partial charge in [0.05, 0.1) is 17.4 Å². The summed E-state index contributed by atoms with van der Waals surface area (Å²) in [5.41, 5.74) is 2.89. The normalized spacial score (nSPS) is 17.7. The maximum absolute atomic E-state index is 13.0. The van der Waals surface area contributed by atoms with Crippen LogP contribution in [0.4, 0.5) is 5.69 Å². The fourth-order valence-corrected chi connectivity index (χ4v) is 5.11. The van der Waals surface area contributed by atoms with Crippen molar-refractivity contribution in [3.05, 3.63) is 53.6 Å². The Kier molecular flexibility index (Phi) is 6.59. The molecule has 2 aromatic carbocycles. The summed E-state index contributed by atoms with van der Waals surface area (Å²) in [6.07, 6.45) is 1.33. The van der Waals surface area contributed by atoms with Crippen molar-refractivity contribution < 1.29 is 17.9 Å². The van der Waals surface area contributed by atoms with E-state index < -0.39 is 10.0 Å². The highest BCUT2D eigenvalue weighted by Crippen LogP contribution is 2.26. The lowest BCUT2D eigenvalue weighted by Crippen LogP contribution is -2.43. The minimum atomic E-state index is -3.65. The summed E-state index contributed by atoms with van der Waals surface area (Å²) in [6.45, 7) is 6.96. The monoisotopic (exact) mass is 416 g/mol. The zero-order valence-corrected chi connectivity index (χ0v) is 18.0. The molecule has 156 valence electrons. The third kappa shape index (κ3) is 4.97. The Morgan fingerprint density at radius 2 is 1.90 bits per heavy atom. The van der Waals surface area contributed by atoms with Gasteiger partial charge < -0.3 is 10.1 Å². The van der Waals surface area contributed by atoms with Crippen molar-refractivity contribution >= 4 is 21.6 Å². The predicted octanol–water partition coefficient (Wildman–Crippen LogP) is 3.74. The second-order valence-corrected chi connectivity index (χ2v) is 9.35. The Morgan fingerprint density at radius 3 is 2.55 bits per heavy atom. The highest BCUT2D eigenvalue weighted by atomic mass is 32.2. The average Bonchev–Trinajstić information content (AvgIpc) is 2.71. The van der Waals surface area contributed by atoms with Gasteiger partial charge in [-0.3, -0.25) is 4.79 Å². The van der Waals surface area contributed by atoms with Crippen molar-refractivity contribution in [2.45, 2.75) is 38.5 Å². The van der Waals surface area contributed by atoms with Gasteiger partial charge in [0.25, 0.3) is 0 Å². The second kappa shape index (κ2) is 8.97. The van der Waals surface area contributed by atoms with Gasteiger partial charge in [-0.2, -0.15) is 4.31 Å². The quantitative estimate of drug-likeness (QED) is 0.778. The maximum atomic E-state index is 13.0. The minimum absolute atomic E-state index is 0.136. The van der Waals surface area contributed by atoms with Crippen molar-refractivity contribution in [1.82, 2.24) is 4.31 Å². The molecule has 0 radical (unpaired) electrons. The fourth-order valence-electron chi connectivity index (χ4n) is 3.59. The number of rotatable bonds is 6. The molecule has 1 atom stereocenters. The van der Waals surface area contributed by atoms with E-state index in [1.165, 1.54) is 4.31 Å². The number of anilines is 1. The van der Waals surface area contributed by atoms with Crippen molar-refractivity contribution in [2.75, 3.05) is 25.0 Å². The number of amides is 1. The molecule has 0 spiro atoms. The van der Waals surface area contributed by atoms with Crippen LogP contribution >= 0.6 is 0 Å². The van der Waals surface area contributed by atoms with Crippen LogP contribution in [-0.2, 0) is 14.8 Å². The summed E-state index contributed by atoms with van der Waals surface area (Å²) < 4.78 is 32.9. The zero-order valence-electron chi connectivity index (χ0n) is 17.1. The molecule has 2 aromatic rings. The number of piperidine rings is 1. The van der Waals surface area contributed by atoms with E-state index in [1.807, 2.05) is 39.0 Å². The molecular weight excluding hydrogens is 388 g/mol. The molecule has 1 aliphatic heterocycles. The number of ether oxygens (including phenoxy) is 1. The van der Waals surface area contributed by atoms with Crippen LogP contribution < -0.4 is 10.1 Å². The highest BCUT2D eigenvalue weighted by molar-refractivity contribution is 7.89. The van der Waals surface area contributed by atoms with Gasteiger partial charge in [-0.15, -0.1) is 0 Å². The standard InChI is InChI=1S/C22H28N2O4S/c1-4-28-19-8-10-20(11-9-19)29(26,27)24-13-5-6-18(15-24)22(25)23-21-12-7-16(2)14-17(21)3/h7-12,14,18H,4-6,13,15H2,1-3H3,(H,23,25)/t18-/m1/s1. The van der Waals surface area contributed by atoms with E-state index in [0.29, 0.717) is 31.7 Å². The number of nitrogens with zero attached hydrogens (tertiary/aromatic N) is 1. The SMILES string of the molecule is CCOc1ccc(S(=O)(=O)N2CCC[C@@H](C(=O)Nc3ccc(C)cc3C)C2)cc1. The molecule has 0 bridgehead atoms. The van der Waals surface area contributed by atoms with Crippen LogP contribution in [0.1, 0.15) is 30.9 Å². The van der Waals surface area contributed by atoms with Gasteiger partial charge in [0.15, 0.2) is 0 Å². The number of aryl methyl sites for hydroxylation is 2. The minimum Gasteiger partial charge on any atom is -0.494 e. The summed E-state index contributed by atoms with van der Waals surface area (Å²) in [5, 5.41) is 2.96. The van der Waals surface area contributed by atoms with E-state index in [0.717, 1.165) is 16.8 Å². The van der Waals surface area contributed by atoms with Crippen LogP contribution in [0.3, 0.4) is 0 Å². The van der Waals surface area contributed by atoms with Crippen LogP contribution in [-0.4, -0.2) is 38.3 Å². The number of hydrogen-bond acceptors (Lipinski definition) is 4. The molecule has 1 aliphatic rings. The molecule has 1 heterocycles. The van der Waals surface area contributed by atoms with Crippen LogP contribution in [0.5, 0.6) is 5.75 Å². The van der Waals surface area contributed by atoms with Crippen molar-refractivity contribution in [3.63, 3.8) is 0 Å². The Hall–Kier alpha value is -2.38. The van der Waals surface area contributed by atoms with Crippen molar-refractivity contribution in [2.24, 2.45) is 5.92 Å². The Bertz CT molecular complexity index is 971. The molecule has 0 aliphatic carbocycles. The van der Waals surface area contributed by atoms with Gasteiger partial charge >= 0.3 is 0 Å². The van der Waals surface area contributed by atoms with Gasteiger partial charge in [-0.1, -0.05) is 17.7 Å². The molecule has 7 heteroatoms.